The number of rotatable bonds is 5. The SMILES string of the molecule is CCN(CC)c1ccc(C=C2C(=O)NC(=O)N(c3ccc(C)c(Cl)c3)C2=O)cc1. The Balaban J connectivity index is 1.93. The maximum Gasteiger partial charge on any atom is 0.335 e. The van der Waals surface area contributed by atoms with Crippen molar-refractivity contribution in [2.24, 2.45) is 0 Å². The first-order valence-corrected chi connectivity index (χ1v) is 9.76. The molecule has 1 heterocycles. The van der Waals surface area contributed by atoms with Crippen molar-refractivity contribution < 1.29 is 14.4 Å². The maximum absolute atomic E-state index is 12.9. The summed E-state index contributed by atoms with van der Waals surface area (Å²) in [6.45, 7) is 7.74. The van der Waals surface area contributed by atoms with Gasteiger partial charge in [0.25, 0.3) is 11.8 Å². The van der Waals surface area contributed by atoms with E-state index in [4.69, 9.17) is 11.6 Å². The van der Waals surface area contributed by atoms with Gasteiger partial charge in [-0.15, -0.1) is 0 Å². The number of hydrogen-bond acceptors (Lipinski definition) is 4. The monoisotopic (exact) mass is 411 g/mol. The molecule has 29 heavy (non-hydrogen) atoms. The molecule has 4 amide bonds. The highest BCUT2D eigenvalue weighted by Crippen LogP contribution is 2.27. The van der Waals surface area contributed by atoms with Gasteiger partial charge in [0.15, 0.2) is 0 Å². The summed E-state index contributed by atoms with van der Waals surface area (Å²) in [5.41, 5.74) is 2.76. The van der Waals surface area contributed by atoms with E-state index in [-0.39, 0.29) is 5.57 Å². The largest absolute Gasteiger partial charge is 0.372 e. The van der Waals surface area contributed by atoms with Crippen LogP contribution in [0, 0.1) is 6.92 Å². The van der Waals surface area contributed by atoms with Gasteiger partial charge >= 0.3 is 6.03 Å². The third-order valence-corrected chi connectivity index (χ3v) is 5.26. The summed E-state index contributed by atoms with van der Waals surface area (Å²) in [5, 5.41) is 2.65. The number of nitrogens with one attached hydrogen (secondary N) is 1. The minimum atomic E-state index is -0.797. The molecule has 2 aromatic carbocycles. The predicted octanol–water partition coefficient (Wildman–Crippen LogP) is 4.16. The second-order valence-corrected chi connectivity index (χ2v) is 7.06. The van der Waals surface area contributed by atoms with Crippen molar-refractivity contribution in [3.63, 3.8) is 0 Å². The molecule has 0 saturated carbocycles. The molecule has 1 aliphatic rings. The van der Waals surface area contributed by atoms with E-state index < -0.39 is 17.8 Å². The van der Waals surface area contributed by atoms with Crippen LogP contribution in [0.1, 0.15) is 25.0 Å². The van der Waals surface area contributed by atoms with Gasteiger partial charge in [-0.25, -0.2) is 9.69 Å². The molecule has 0 bridgehead atoms. The van der Waals surface area contributed by atoms with Crippen LogP contribution in [0.25, 0.3) is 6.08 Å². The molecular formula is C22H22ClN3O3. The van der Waals surface area contributed by atoms with Crippen LogP contribution < -0.4 is 15.1 Å². The molecule has 1 fully saturated rings. The fraction of sp³-hybridized carbons (Fsp3) is 0.227. The van der Waals surface area contributed by atoms with Gasteiger partial charge in [0.05, 0.1) is 5.69 Å². The number of carbonyl (C=O) groups excluding carboxylic acids is 3. The average Bonchev–Trinajstić information content (AvgIpc) is 2.70. The van der Waals surface area contributed by atoms with Gasteiger partial charge in [-0.05, 0) is 62.2 Å². The van der Waals surface area contributed by atoms with E-state index in [0.717, 1.165) is 29.2 Å². The molecule has 0 spiro atoms. The summed E-state index contributed by atoms with van der Waals surface area (Å²) < 4.78 is 0. The van der Waals surface area contributed by atoms with Gasteiger partial charge in [-0.2, -0.15) is 0 Å². The highest BCUT2D eigenvalue weighted by molar-refractivity contribution is 6.39. The summed E-state index contributed by atoms with van der Waals surface area (Å²) in [4.78, 5) is 40.6. The summed E-state index contributed by atoms with van der Waals surface area (Å²) >= 11 is 6.13. The molecule has 1 N–H and O–H groups in total. The number of halogens is 1. The van der Waals surface area contributed by atoms with Gasteiger partial charge in [0.1, 0.15) is 5.57 Å². The molecule has 7 heteroatoms. The van der Waals surface area contributed by atoms with Crippen molar-refractivity contribution in [2.75, 3.05) is 22.9 Å². The van der Waals surface area contributed by atoms with E-state index in [1.165, 1.54) is 12.1 Å². The summed E-state index contributed by atoms with van der Waals surface area (Å²) in [5.74, 6) is -1.41. The Morgan fingerprint density at radius 2 is 1.69 bits per heavy atom. The number of barbiturate groups is 1. The number of nitrogens with zero attached hydrogens (tertiary/aromatic N) is 2. The number of urea groups is 1. The van der Waals surface area contributed by atoms with E-state index in [2.05, 4.69) is 24.1 Å². The van der Waals surface area contributed by atoms with Crippen LogP contribution in [0.4, 0.5) is 16.2 Å². The maximum atomic E-state index is 12.9. The predicted molar refractivity (Wildman–Crippen MR) is 115 cm³/mol. The first-order chi connectivity index (χ1) is 13.8. The van der Waals surface area contributed by atoms with E-state index in [9.17, 15) is 14.4 Å². The van der Waals surface area contributed by atoms with Crippen molar-refractivity contribution in [1.82, 2.24) is 5.32 Å². The molecule has 6 nitrogen and oxygen atoms in total. The number of aryl methyl sites for hydroxylation is 1. The van der Waals surface area contributed by atoms with Crippen LogP contribution in [0.2, 0.25) is 5.02 Å². The standard InChI is InChI=1S/C22H22ClN3O3/c1-4-25(5-2)16-10-7-15(8-11-16)12-18-20(27)24-22(29)26(21(18)28)17-9-6-14(3)19(23)13-17/h6-13H,4-5H2,1-3H3,(H,24,27,29). The lowest BCUT2D eigenvalue weighted by Crippen LogP contribution is -2.54. The Morgan fingerprint density at radius 1 is 1.03 bits per heavy atom. The summed E-state index contributed by atoms with van der Waals surface area (Å²) in [6, 6.07) is 11.6. The van der Waals surface area contributed by atoms with Crippen molar-refractivity contribution >= 4 is 46.9 Å². The Bertz CT molecular complexity index is 995. The summed E-state index contributed by atoms with van der Waals surface area (Å²) in [7, 11) is 0. The lowest BCUT2D eigenvalue weighted by molar-refractivity contribution is -0.122. The number of benzene rings is 2. The molecule has 1 aliphatic heterocycles. The third kappa shape index (κ3) is 4.17. The fourth-order valence-corrected chi connectivity index (χ4v) is 3.32. The lowest BCUT2D eigenvalue weighted by atomic mass is 10.1. The molecule has 0 unspecified atom stereocenters. The van der Waals surface area contributed by atoms with Gasteiger partial charge in [0.2, 0.25) is 0 Å². The lowest BCUT2D eigenvalue weighted by Gasteiger charge is -2.26. The van der Waals surface area contributed by atoms with E-state index >= 15 is 0 Å². The Hall–Kier alpha value is -3.12. The molecule has 0 radical (unpaired) electrons. The van der Waals surface area contributed by atoms with Crippen molar-refractivity contribution in [2.45, 2.75) is 20.8 Å². The zero-order valence-corrected chi connectivity index (χ0v) is 17.3. The summed E-state index contributed by atoms with van der Waals surface area (Å²) in [6.07, 6.45) is 1.49. The van der Waals surface area contributed by atoms with Gasteiger partial charge in [-0.1, -0.05) is 29.8 Å². The normalized spacial score (nSPS) is 15.7. The van der Waals surface area contributed by atoms with Crippen molar-refractivity contribution in [3.8, 4) is 0 Å². The van der Waals surface area contributed by atoms with Crippen LogP contribution in [-0.4, -0.2) is 30.9 Å². The first kappa shape index (κ1) is 20.6. The average molecular weight is 412 g/mol. The molecule has 2 aromatic rings. The van der Waals surface area contributed by atoms with Crippen LogP contribution in [-0.2, 0) is 9.59 Å². The van der Waals surface area contributed by atoms with Crippen LogP contribution in [0.5, 0.6) is 0 Å². The van der Waals surface area contributed by atoms with Crippen LogP contribution >= 0.6 is 11.6 Å². The van der Waals surface area contributed by atoms with Crippen LogP contribution in [0.3, 0.4) is 0 Å². The Morgan fingerprint density at radius 3 is 2.28 bits per heavy atom. The van der Waals surface area contributed by atoms with E-state index in [1.54, 1.807) is 12.1 Å². The highest BCUT2D eigenvalue weighted by atomic mass is 35.5. The minimum absolute atomic E-state index is 0.114. The number of carbonyl (C=O) groups is 3. The first-order valence-electron chi connectivity index (χ1n) is 9.38. The minimum Gasteiger partial charge on any atom is -0.372 e. The Labute approximate surface area is 174 Å². The van der Waals surface area contributed by atoms with E-state index in [0.29, 0.717) is 16.3 Å². The molecular weight excluding hydrogens is 390 g/mol. The zero-order chi connectivity index (χ0) is 21.1. The molecule has 150 valence electrons. The zero-order valence-electron chi connectivity index (χ0n) is 16.5. The topological polar surface area (TPSA) is 69.7 Å². The van der Waals surface area contributed by atoms with Gasteiger partial charge in [0, 0.05) is 23.8 Å². The second-order valence-electron chi connectivity index (χ2n) is 6.66. The number of amides is 4. The van der Waals surface area contributed by atoms with Crippen LogP contribution in [0.15, 0.2) is 48.0 Å². The number of anilines is 2. The number of imide groups is 2. The quantitative estimate of drug-likeness (QED) is 0.592. The molecule has 0 aliphatic carbocycles. The fourth-order valence-electron chi connectivity index (χ4n) is 3.15. The van der Waals surface area contributed by atoms with Crippen molar-refractivity contribution in [1.29, 1.82) is 0 Å². The molecule has 1 saturated heterocycles. The Kier molecular flexibility index (Phi) is 6.03. The van der Waals surface area contributed by atoms with Gasteiger partial charge in [-0.3, -0.25) is 14.9 Å². The van der Waals surface area contributed by atoms with Crippen molar-refractivity contribution in [3.05, 3.63) is 64.2 Å². The highest BCUT2D eigenvalue weighted by Gasteiger charge is 2.36. The third-order valence-electron chi connectivity index (χ3n) is 4.85. The molecule has 0 aromatic heterocycles. The number of hydrogen-bond donors (Lipinski definition) is 1. The van der Waals surface area contributed by atoms with Gasteiger partial charge < -0.3 is 4.90 Å². The second kappa shape index (κ2) is 8.49. The molecule has 0 atom stereocenters. The van der Waals surface area contributed by atoms with E-state index in [1.807, 2.05) is 31.2 Å². The molecule has 3 rings (SSSR count). The smallest absolute Gasteiger partial charge is 0.335 e.